The quantitative estimate of drug-likeness (QED) is 0.0566. The molecule has 0 saturated heterocycles. The van der Waals surface area contributed by atoms with Crippen molar-refractivity contribution in [1.29, 1.82) is 0 Å². The molecule has 2 nitrogen and oxygen atoms in total. The predicted molar refractivity (Wildman–Crippen MR) is 303 cm³/mol. The van der Waals surface area contributed by atoms with E-state index < -0.39 is 0 Å². The van der Waals surface area contributed by atoms with E-state index in [1.807, 2.05) is 0 Å². The number of benzene rings is 6. The Bertz CT molecular complexity index is 3090. The monoisotopic (exact) mass is 933 g/mol. The molecule has 350 valence electrons. The molecule has 0 unspecified atom stereocenters. The molecule has 10 rings (SSSR count). The lowest BCUT2D eigenvalue weighted by molar-refractivity contribution is 0.602. The first kappa shape index (κ1) is 46.6. The van der Waals surface area contributed by atoms with E-state index in [0.717, 1.165) is 25.9 Å². The zero-order chi connectivity index (χ0) is 46.4. The molecule has 4 heteroatoms. The van der Waals surface area contributed by atoms with Crippen molar-refractivity contribution in [3.8, 4) is 30.6 Å². The minimum atomic E-state index is 1.06. The number of nitrogens with zero attached hydrogens (tertiary/aromatic N) is 2. The second kappa shape index (κ2) is 21.6. The van der Waals surface area contributed by atoms with Gasteiger partial charge in [-0.25, -0.2) is 0 Å². The highest BCUT2D eigenvalue weighted by Gasteiger charge is 2.22. The second-order valence-electron chi connectivity index (χ2n) is 19.9. The van der Waals surface area contributed by atoms with Gasteiger partial charge < -0.3 is 9.13 Å². The zero-order valence-electron chi connectivity index (χ0n) is 41.4. The van der Waals surface area contributed by atoms with Crippen LogP contribution in [-0.4, -0.2) is 9.13 Å². The molecule has 0 amide bonds. The highest BCUT2D eigenvalue weighted by Crippen LogP contribution is 2.48. The van der Waals surface area contributed by atoms with Gasteiger partial charge in [0.2, 0.25) is 0 Å². The molecule has 6 aromatic carbocycles. The van der Waals surface area contributed by atoms with Crippen molar-refractivity contribution in [2.75, 3.05) is 0 Å². The molecule has 0 N–H and O–H groups in total. The number of hydrogen-bond donors (Lipinski definition) is 0. The van der Waals surface area contributed by atoms with Crippen molar-refractivity contribution < 1.29 is 0 Å². The fourth-order valence-electron chi connectivity index (χ4n) is 11.1. The zero-order valence-corrected chi connectivity index (χ0v) is 43.0. The average Bonchev–Trinajstić information content (AvgIpc) is 4.14. The summed E-state index contributed by atoms with van der Waals surface area (Å²) >= 11 is 4.13. The van der Waals surface area contributed by atoms with Crippen LogP contribution in [0.25, 0.3) is 95.8 Å². The van der Waals surface area contributed by atoms with Crippen LogP contribution in [0.2, 0.25) is 0 Å². The molecule has 0 radical (unpaired) electrons. The van der Waals surface area contributed by atoms with Gasteiger partial charge in [0.05, 0.1) is 0 Å². The van der Waals surface area contributed by atoms with Crippen molar-refractivity contribution in [3.63, 3.8) is 0 Å². The number of unbranched alkanes of at least 4 members (excludes halogenated alkanes) is 12. The average molecular weight is 933 g/mol. The number of thiophene rings is 2. The SMILES string of the molecule is CCCCCCc1cc(-c2ccc3c4cc5ccccc5cc4n(CCCCCC)c3c2)sc1-c1sc(-c2ccc3c4cc5ccccc5cc4n(CCCCCC)c3c2)cc1CCCCCC. The third kappa shape index (κ3) is 9.58. The number of hydrogen-bond acceptors (Lipinski definition) is 2. The van der Waals surface area contributed by atoms with Crippen LogP contribution in [0.3, 0.4) is 0 Å². The maximum atomic E-state index is 2.65. The Morgan fingerprint density at radius 3 is 1.10 bits per heavy atom. The topological polar surface area (TPSA) is 9.86 Å². The molecule has 10 aromatic rings. The maximum Gasteiger partial charge on any atom is 0.0497 e. The lowest BCUT2D eigenvalue weighted by atomic mass is 10.0. The van der Waals surface area contributed by atoms with E-state index >= 15 is 0 Å². The van der Waals surface area contributed by atoms with Crippen LogP contribution >= 0.6 is 22.7 Å². The van der Waals surface area contributed by atoms with Crippen molar-refractivity contribution in [2.24, 2.45) is 0 Å². The lowest BCUT2D eigenvalue weighted by Crippen LogP contribution is -1.98. The number of fused-ring (bicyclic) bond motifs is 8. The summed E-state index contributed by atoms with van der Waals surface area (Å²) in [6, 6.07) is 47.6. The van der Waals surface area contributed by atoms with Crippen LogP contribution in [0.4, 0.5) is 0 Å². The highest BCUT2D eigenvalue weighted by molar-refractivity contribution is 7.25. The first-order valence-corrected chi connectivity index (χ1v) is 28.4. The molecule has 0 aliphatic rings. The third-order valence-corrected chi connectivity index (χ3v) is 17.5. The first-order chi connectivity index (χ1) is 33.6. The van der Waals surface area contributed by atoms with E-state index in [1.165, 1.54) is 199 Å². The van der Waals surface area contributed by atoms with Crippen LogP contribution in [0.15, 0.2) is 121 Å². The molecule has 0 aliphatic heterocycles. The maximum absolute atomic E-state index is 2.65. The first-order valence-electron chi connectivity index (χ1n) is 26.7. The van der Waals surface area contributed by atoms with E-state index in [2.05, 4.69) is 181 Å². The van der Waals surface area contributed by atoms with Gasteiger partial charge in [-0.3, -0.25) is 0 Å². The van der Waals surface area contributed by atoms with E-state index in [4.69, 9.17) is 0 Å². The smallest absolute Gasteiger partial charge is 0.0497 e. The molecule has 0 spiro atoms. The van der Waals surface area contributed by atoms with Crippen molar-refractivity contribution in [3.05, 3.63) is 132 Å². The van der Waals surface area contributed by atoms with Crippen LogP contribution in [-0.2, 0) is 25.9 Å². The molecule has 0 aliphatic carbocycles. The Morgan fingerprint density at radius 1 is 0.338 bits per heavy atom. The van der Waals surface area contributed by atoms with E-state index in [9.17, 15) is 0 Å². The summed E-state index contributed by atoms with van der Waals surface area (Å²) < 4.78 is 5.31. The molecule has 4 heterocycles. The van der Waals surface area contributed by atoms with Gasteiger partial charge in [0.25, 0.3) is 0 Å². The molecule has 0 saturated carbocycles. The Labute approximate surface area is 414 Å². The summed E-state index contributed by atoms with van der Waals surface area (Å²) in [4.78, 5) is 5.85. The van der Waals surface area contributed by atoms with Gasteiger partial charge in [0.1, 0.15) is 0 Å². The fourth-order valence-corrected chi connectivity index (χ4v) is 13.7. The largest absolute Gasteiger partial charge is 0.340 e. The van der Waals surface area contributed by atoms with Gasteiger partial charge in [-0.05, 0) is 131 Å². The van der Waals surface area contributed by atoms with Crippen LogP contribution in [0, 0.1) is 0 Å². The van der Waals surface area contributed by atoms with Gasteiger partial charge in [-0.2, -0.15) is 0 Å². The van der Waals surface area contributed by atoms with Gasteiger partial charge in [0.15, 0.2) is 0 Å². The lowest BCUT2D eigenvalue weighted by Gasteiger charge is -2.09. The van der Waals surface area contributed by atoms with Gasteiger partial charge in [0, 0.05) is 76.2 Å². The summed E-state index contributed by atoms with van der Waals surface area (Å²) in [6.45, 7) is 11.4. The Balaban J connectivity index is 1.09. The molecule has 0 atom stereocenters. The molecular weight excluding hydrogens is 861 g/mol. The van der Waals surface area contributed by atoms with Gasteiger partial charge >= 0.3 is 0 Å². The van der Waals surface area contributed by atoms with Crippen LogP contribution < -0.4 is 0 Å². The summed E-state index contributed by atoms with van der Waals surface area (Å²) in [5, 5.41) is 10.8. The number of rotatable bonds is 23. The van der Waals surface area contributed by atoms with Crippen LogP contribution in [0.1, 0.15) is 142 Å². The standard InChI is InChI=1S/C64H72N2S2/c1-5-9-13-17-29-51-43-61(49-31-33-53-55-37-45-25-19-21-27-47(45)39-59(55)65(57(53)41-49)35-23-15-11-7-3)67-63(51)64-52(30-18-14-10-6-2)44-62(68-64)50-32-34-54-56-38-46-26-20-22-28-48(46)40-60(56)66(58(54)42-50)36-24-16-12-8-4/h19-22,25-28,31-34,37-44H,5-18,23-24,29-30,35-36H2,1-4H3. The number of aryl methyl sites for hydroxylation is 4. The van der Waals surface area contributed by atoms with Crippen LogP contribution in [0.5, 0.6) is 0 Å². The summed E-state index contributed by atoms with van der Waals surface area (Å²) in [5.74, 6) is 0. The van der Waals surface area contributed by atoms with E-state index in [0.29, 0.717) is 0 Å². The normalized spacial score (nSPS) is 12.1. The fraction of sp³-hybridized carbons (Fsp3) is 0.375. The van der Waals surface area contributed by atoms with Gasteiger partial charge in [-0.15, -0.1) is 22.7 Å². The molecule has 0 fully saturated rings. The summed E-state index contributed by atoms with van der Waals surface area (Å²) in [7, 11) is 0. The summed E-state index contributed by atoms with van der Waals surface area (Å²) in [5.41, 5.74) is 11.3. The Kier molecular flexibility index (Phi) is 14.8. The van der Waals surface area contributed by atoms with Crippen molar-refractivity contribution in [2.45, 2.75) is 156 Å². The Morgan fingerprint density at radius 2 is 0.706 bits per heavy atom. The molecule has 68 heavy (non-hydrogen) atoms. The number of aromatic nitrogens is 2. The van der Waals surface area contributed by atoms with E-state index in [-0.39, 0.29) is 0 Å². The minimum absolute atomic E-state index is 1.06. The highest BCUT2D eigenvalue weighted by atomic mass is 32.1. The predicted octanol–water partition coefficient (Wildman–Crippen LogP) is 20.7. The Hall–Kier alpha value is -5.16. The second-order valence-corrected chi connectivity index (χ2v) is 22.0. The van der Waals surface area contributed by atoms with Gasteiger partial charge in [-0.1, -0.05) is 178 Å². The summed E-state index contributed by atoms with van der Waals surface area (Å²) in [6.07, 6.45) is 22.6. The minimum Gasteiger partial charge on any atom is -0.340 e. The van der Waals surface area contributed by atoms with Crippen molar-refractivity contribution >= 4 is 87.8 Å². The molecular formula is C64H72N2S2. The molecule has 0 bridgehead atoms. The van der Waals surface area contributed by atoms with E-state index in [1.54, 1.807) is 11.1 Å². The molecule has 4 aromatic heterocycles. The van der Waals surface area contributed by atoms with Crippen molar-refractivity contribution in [1.82, 2.24) is 9.13 Å². The third-order valence-electron chi connectivity index (χ3n) is 14.9.